The zero-order chi connectivity index (χ0) is 69.4. The molecule has 1 saturated heterocycles. The van der Waals surface area contributed by atoms with Crippen LogP contribution in [0.1, 0.15) is 228 Å². The molecule has 532 valence electrons. The minimum atomic E-state index is -8.67. The quantitative estimate of drug-likeness (QED) is 0.0279. The van der Waals surface area contributed by atoms with Crippen LogP contribution in [0.25, 0.3) is 0 Å². The molecule has 7 nitrogen and oxygen atoms in total. The van der Waals surface area contributed by atoms with Crippen molar-refractivity contribution in [2.24, 2.45) is 0 Å². The van der Waals surface area contributed by atoms with Crippen molar-refractivity contribution in [1.82, 2.24) is 0 Å². The molecule has 2 heterocycles. The highest BCUT2D eigenvalue weighted by atomic mass is 28.4. The van der Waals surface area contributed by atoms with Crippen molar-refractivity contribution >= 4 is 22.6 Å². The van der Waals surface area contributed by atoms with Crippen LogP contribution in [0.3, 0.4) is 0 Å². The van der Waals surface area contributed by atoms with Gasteiger partial charge in [-0.25, -0.2) is 4.79 Å². The molecule has 0 amide bonds. The van der Waals surface area contributed by atoms with Crippen LogP contribution in [0.4, 0.5) is 74.6 Å². The topological polar surface area (TPSA) is 72.5 Å². The van der Waals surface area contributed by atoms with Crippen LogP contribution in [0.5, 0.6) is 5.75 Å². The van der Waals surface area contributed by atoms with Crippen molar-refractivity contribution in [2.75, 3.05) is 6.61 Å². The number of esters is 1. The van der Waals surface area contributed by atoms with Crippen molar-refractivity contribution in [1.29, 1.82) is 0 Å². The SMILES string of the molecule is CCCCCCCCCCCC[C@@H](OCc1ccc(OCCCC(F)(F)C(F)(F)C(F)(F)C(F)(F)C(F)(F)C(F)(F)C(F)(F)C(F)(F)F)cc1)[C@H]1CC[C@H]([C@@H](CCCCCCCCCC[C@H](CC2=C[C@H](C)OC2=O)O[Si](C)(C)C(C)(C)C)O[Si](C)(C)C(C)(C)C)O1. The first kappa shape index (κ1) is 82.5. The van der Waals surface area contributed by atoms with E-state index in [0.29, 0.717) is 24.0 Å². The monoisotopic (exact) mass is 1370 g/mol. The molecule has 2 aliphatic heterocycles. The molecule has 0 aromatic heterocycles. The maximum Gasteiger partial charge on any atom is 0.460 e. The molecule has 1 fully saturated rings. The normalized spacial score (nSPS) is 19.2. The lowest BCUT2D eigenvalue weighted by Gasteiger charge is -2.42. The molecular formula is C65H103F17O7Si2. The van der Waals surface area contributed by atoms with Crippen molar-refractivity contribution < 1.29 is 107 Å². The van der Waals surface area contributed by atoms with E-state index < -0.39 is 83.7 Å². The Bertz CT molecular complexity index is 2340. The molecule has 91 heavy (non-hydrogen) atoms. The molecule has 6 atom stereocenters. The second-order valence-electron chi connectivity index (χ2n) is 28.2. The van der Waals surface area contributed by atoms with Gasteiger partial charge < -0.3 is 27.8 Å². The maximum atomic E-state index is 14.6. The maximum absolute atomic E-state index is 14.6. The Morgan fingerprint density at radius 3 is 1.36 bits per heavy atom. The number of carbonyl (C=O) groups is 1. The second kappa shape index (κ2) is 34.0. The van der Waals surface area contributed by atoms with E-state index in [9.17, 15) is 79.4 Å². The van der Waals surface area contributed by atoms with Gasteiger partial charge in [0.25, 0.3) is 0 Å². The summed E-state index contributed by atoms with van der Waals surface area (Å²) in [7, 11) is -4.33. The van der Waals surface area contributed by atoms with E-state index >= 15 is 0 Å². The van der Waals surface area contributed by atoms with Crippen molar-refractivity contribution in [3.63, 3.8) is 0 Å². The first-order valence-corrected chi connectivity index (χ1v) is 38.4. The van der Waals surface area contributed by atoms with Crippen LogP contribution in [0, 0.1) is 0 Å². The standard InChI is InChI=1S/C65H103F17O7Si2/c1-13-14-15-16-17-18-19-23-26-29-33-51(85-45-47-35-37-49(38-36-47)84-42-31-41-58(66,67)59(68,69)60(70,71)61(72,73)62(74,75)63(76,77)64(78,79)65(80,81)82)52-39-40-53(87-52)54(89-91(11,12)57(6,7)8)34-30-27-24-21-20-22-25-28-32-50(88-90(9,10)56(3,4)5)44-48-43-46(2)86-55(48)83/h35-38,43,46,50-54H,13-34,39-42,44-45H2,1-12H3/t46-,50+,51+,52+,53+,54+/m0/s1. The Labute approximate surface area is 531 Å². The van der Waals surface area contributed by atoms with Gasteiger partial charge in [-0.1, -0.05) is 176 Å². The fourth-order valence-electron chi connectivity index (χ4n) is 10.6. The molecule has 26 heteroatoms. The van der Waals surface area contributed by atoms with Gasteiger partial charge in [-0.15, -0.1) is 0 Å². The summed E-state index contributed by atoms with van der Waals surface area (Å²) in [6.45, 7) is 25.3. The van der Waals surface area contributed by atoms with E-state index in [0.717, 1.165) is 109 Å². The number of halogens is 17. The zero-order valence-corrected chi connectivity index (χ0v) is 57.4. The highest BCUT2D eigenvalue weighted by molar-refractivity contribution is 6.74. The van der Waals surface area contributed by atoms with Crippen molar-refractivity contribution in [2.45, 2.75) is 349 Å². The minimum Gasteiger partial charge on any atom is -0.494 e. The Morgan fingerprint density at radius 2 is 0.923 bits per heavy atom. The summed E-state index contributed by atoms with van der Waals surface area (Å²) in [5, 5.41) is -0.0219. The van der Waals surface area contributed by atoms with Gasteiger partial charge in [0.15, 0.2) is 16.6 Å². The number of benzene rings is 1. The van der Waals surface area contributed by atoms with Gasteiger partial charge in [0.05, 0.1) is 37.6 Å². The zero-order valence-electron chi connectivity index (χ0n) is 55.4. The predicted octanol–water partition coefficient (Wildman–Crippen LogP) is 22.5. The average Bonchev–Trinajstić information content (AvgIpc) is 1.04. The fourth-order valence-corrected chi connectivity index (χ4v) is 13.4. The fraction of sp³-hybridized carbons (Fsp3) is 0.862. The Balaban J connectivity index is 1.64. The summed E-state index contributed by atoms with van der Waals surface area (Å²) in [4.78, 5) is 12.5. The van der Waals surface area contributed by atoms with E-state index in [1.165, 1.54) is 56.4 Å². The molecule has 2 aliphatic rings. The highest BCUT2D eigenvalue weighted by Crippen LogP contribution is 2.64. The van der Waals surface area contributed by atoms with Gasteiger partial charge in [-0.3, -0.25) is 0 Å². The summed E-state index contributed by atoms with van der Waals surface area (Å²) in [5.41, 5.74) is 1.30. The Kier molecular flexibility index (Phi) is 30.8. The van der Waals surface area contributed by atoms with E-state index in [2.05, 4.69) is 74.7 Å². The molecule has 0 radical (unpaired) electrons. The van der Waals surface area contributed by atoms with E-state index in [1.54, 1.807) is 0 Å². The number of rotatable bonds is 44. The number of unbranched alkanes of at least 4 members (excludes halogenated alkanes) is 16. The summed E-state index contributed by atoms with van der Waals surface area (Å²) < 4.78 is 272. The lowest BCUT2D eigenvalue weighted by molar-refractivity contribution is -0.461. The van der Waals surface area contributed by atoms with E-state index in [1.807, 2.05) is 13.0 Å². The van der Waals surface area contributed by atoms with Crippen LogP contribution >= 0.6 is 0 Å². The van der Waals surface area contributed by atoms with Crippen molar-refractivity contribution in [3.05, 3.63) is 41.5 Å². The lowest BCUT2D eigenvalue weighted by atomic mass is 9.88. The van der Waals surface area contributed by atoms with Gasteiger partial charge in [-0.05, 0) is 105 Å². The van der Waals surface area contributed by atoms with Crippen LogP contribution in [-0.4, -0.2) is 113 Å². The number of hydrogen-bond acceptors (Lipinski definition) is 7. The smallest absolute Gasteiger partial charge is 0.460 e. The van der Waals surface area contributed by atoms with Crippen molar-refractivity contribution in [3.8, 4) is 5.75 Å². The first-order chi connectivity index (χ1) is 41.7. The number of hydrogen-bond donors (Lipinski definition) is 0. The molecule has 1 aromatic rings. The summed E-state index contributed by atoms with van der Waals surface area (Å²) in [6, 6.07) is 5.64. The minimum absolute atomic E-state index is 0.0368. The van der Waals surface area contributed by atoms with Crippen LogP contribution < -0.4 is 4.74 Å². The highest BCUT2D eigenvalue weighted by Gasteiger charge is 2.95. The Morgan fingerprint density at radius 1 is 0.516 bits per heavy atom. The van der Waals surface area contributed by atoms with Crippen LogP contribution in [0.15, 0.2) is 35.9 Å². The number of ether oxygens (including phenoxy) is 4. The van der Waals surface area contributed by atoms with Crippen LogP contribution in [0.2, 0.25) is 36.3 Å². The summed E-state index contributed by atoms with van der Waals surface area (Å²) in [5.74, 6) is -56.9. The predicted molar refractivity (Wildman–Crippen MR) is 323 cm³/mol. The molecular weight excluding hydrogens is 1270 g/mol. The molecule has 0 N–H and O–H groups in total. The lowest BCUT2D eigenvalue weighted by Crippen LogP contribution is -2.74. The van der Waals surface area contributed by atoms with Gasteiger partial charge >= 0.3 is 53.6 Å². The number of carbonyl (C=O) groups excluding carboxylic acids is 1. The van der Waals surface area contributed by atoms with Gasteiger partial charge in [-0.2, -0.15) is 74.6 Å². The number of cyclic esters (lactones) is 1. The Hall–Kier alpha value is -2.69. The molecule has 0 bridgehead atoms. The van der Waals surface area contributed by atoms with Gasteiger partial charge in [0.1, 0.15) is 11.9 Å². The van der Waals surface area contributed by atoms with E-state index in [-0.39, 0.29) is 65.0 Å². The van der Waals surface area contributed by atoms with E-state index in [4.69, 9.17) is 27.8 Å². The largest absolute Gasteiger partial charge is 0.494 e. The molecule has 0 spiro atoms. The first-order valence-electron chi connectivity index (χ1n) is 32.6. The summed E-state index contributed by atoms with van der Waals surface area (Å²) in [6.07, 6.45) is 13.2. The number of alkyl halides is 17. The molecule has 1 aromatic carbocycles. The summed E-state index contributed by atoms with van der Waals surface area (Å²) >= 11 is 0. The second-order valence-corrected chi connectivity index (χ2v) is 37.7. The van der Waals surface area contributed by atoms with Gasteiger partial charge in [0.2, 0.25) is 0 Å². The van der Waals surface area contributed by atoms with Crippen LogP contribution in [-0.2, 0) is 34.5 Å². The molecule has 0 saturated carbocycles. The average molecular weight is 1380 g/mol. The molecule has 0 aliphatic carbocycles. The van der Waals surface area contributed by atoms with Gasteiger partial charge in [0, 0.05) is 24.5 Å². The third-order valence-corrected chi connectivity index (χ3v) is 27.6. The third kappa shape index (κ3) is 22.2. The molecule has 3 rings (SSSR count). The molecule has 0 unspecified atom stereocenters. The third-order valence-electron chi connectivity index (χ3n) is 18.6.